The number of carbonyl (C=O) groups is 1. The minimum atomic E-state index is 0.448. The highest BCUT2D eigenvalue weighted by molar-refractivity contribution is 5.82. The van der Waals surface area contributed by atoms with Crippen molar-refractivity contribution in [3.8, 4) is 0 Å². The smallest absolute Gasteiger partial charge is 0.136 e. The van der Waals surface area contributed by atoms with Crippen LogP contribution in [0.2, 0.25) is 0 Å². The van der Waals surface area contributed by atoms with Gasteiger partial charge in [-0.25, -0.2) is 0 Å². The number of carbonyl (C=O) groups excluding carboxylic acids is 1. The van der Waals surface area contributed by atoms with Crippen molar-refractivity contribution in [2.45, 2.75) is 79.1 Å². The number of fused-ring (bicyclic) bond motifs is 1. The predicted molar refractivity (Wildman–Crippen MR) is 81.0 cm³/mol. The van der Waals surface area contributed by atoms with Gasteiger partial charge in [-0.3, -0.25) is 4.79 Å². The average Bonchev–Trinajstić information content (AvgIpc) is 2.72. The summed E-state index contributed by atoms with van der Waals surface area (Å²) in [7, 11) is 0. The predicted octanol–water partition coefficient (Wildman–Crippen LogP) is 5.23. The van der Waals surface area contributed by atoms with Crippen LogP contribution in [-0.2, 0) is 4.79 Å². The average molecular weight is 264 g/mol. The number of hydrogen-bond donors (Lipinski definition) is 0. The van der Waals surface area contributed by atoms with E-state index in [1.54, 1.807) is 0 Å². The summed E-state index contributed by atoms with van der Waals surface area (Å²) in [6.45, 7) is 9.45. The zero-order valence-corrected chi connectivity index (χ0v) is 13.4. The molecular formula is C18H32O. The Balaban J connectivity index is 1.83. The van der Waals surface area contributed by atoms with E-state index in [0.29, 0.717) is 17.1 Å². The molecule has 2 aliphatic carbocycles. The molecule has 0 heterocycles. The topological polar surface area (TPSA) is 17.1 Å². The molecule has 2 rings (SSSR count). The quantitative estimate of drug-likeness (QED) is 0.679. The van der Waals surface area contributed by atoms with Crippen LogP contribution in [0.5, 0.6) is 0 Å². The lowest BCUT2D eigenvalue weighted by atomic mass is 9.72. The first-order valence-electron chi connectivity index (χ1n) is 8.41. The molecule has 110 valence electrons. The highest BCUT2D eigenvalue weighted by Gasteiger charge is 2.43. The van der Waals surface area contributed by atoms with E-state index in [9.17, 15) is 4.79 Å². The van der Waals surface area contributed by atoms with Crippen LogP contribution in [-0.4, -0.2) is 5.78 Å². The summed E-state index contributed by atoms with van der Waals surface area (Å²) in [5.41, 5.74) is 0.471. The van der Waals surface area contributed by atoms with Crippen LogP contribution in [0.25, 0.3) is 0 Å². The largest absolute Gasteiger partial charge is 0.299 e. The van der Waals surface area contributed by atoms with E-state index in [1.807, 2.05) is 0 Å². The summed E-state index contributed by atoms with van der Waals surface area (Å²) in [5, 5.41) is 0. The van der Waals surface area contributed by atoms with Gasteiger partial charge in [-0.15, -0.1) is 0 Å². The molecule has 0 N–H and O–H groups in total. The maximum atomic E-state index is 12.0. The van der Waals surface area contributed by atoms with Crippen LogP contribution in [0.1, 0.15) is 79.1 Å². The third-order valence-corrected chi connectivity index (χ3v) is 5.57. The fourth-order valence-corrected chi connectivity index (χ4v) is 4.49. The normalized spacial score (nSPS) is 33.3. The van der Waals surface area contributed by atoms with Gasteiger partial charge in [0, 0.05) is 12.3 Å². The second-order valence-electron chi connectivity index (χ2n) is 8.30. The summed E-state index contributed by atoms with van der Waals surface area (Å²) in [4.78, 5) is 12.0. The summed E-state index contributed by atoms with van der Waals surface area (Å²) >= 11 is 0. The molecule has 2 fully saturated rings. The molecule has 0 aromatic heterocycles. The molecule has 0 radical (unpaired) electrons. The Morgan fingerprint density at radius 3 is 2.63 bits per heavy atom. The van der Waals surface area contributed by atoms with Crippen LogP contribution in [0.15, 0.2) is 0 Å². The van der Waals surface area contributed by atoms with Gasteiger partial charge in [0.15, 0.2) is 0 Å². The maximum Gasteiger partial charge on any atom is 0.136 e. The molecule has 2 unspecified atom stereocenters. The Kier molecular flexibility index (Phi) is 4.74. The van der Waals surface area contributed by atoms with Gasteiger partial charge < -0.3 is 0 Å². The first-order valence-corrected chi connectivity index (χ1v) is 8.41. The first-order chi connectivity index (χ1) is 8.88. The van der Waals surface area contributed by atoms with Crippen molar-refractivity contribution in [2.24, 2.45) is 29.1 Å². The molecule has 0 saturated heterocycles. The van der Waals surface area contributed by atoms with Gasteiger partial charge in [0.2, 0.25) is 0 Å². The Morgan fingerprint density at radius 1 is 1.21 bits per heavy atom. The Morgan fingerprint density at radius 2 is 1.95 bits per heavy atom. The maximum absolute atomic E-state index is 12.0. The zero-order chi connectivity index (χ0) is 14.0. The molecule has 1 heteroatoms. The minimum absolute atomic E-state index is 0.448. The summed E-state index contributed by atoms with van der Waals surface area (Å²) in [6.07, 6.45) is 9.90. The van der Waals surface area contributed by atoms with E-state index in [-0.39, 0.29) is 0 Å². The highest BCUT2D eigenvalue weighted by atomic mass is 16.1. The van der Waals surface area contributed by atoms with Crippen molar-refractivity contribution in [2.75, 3.05) is 0 Å². The van der Waals surface area contributed by atoms with Crippen LogP contribution in [0.3, 0.4) is 0 Å². The number of ketones is 1. The molecule has 1 nitrogen and oxygen atoms in total. The zero-order valence-electron chi connectivity index (χ0n) is 13.4. The van der Waals surface area contributed by atoms with Crippen molar-refractivity contribution in [1.29, 1.82) is 0 Å². The van der Waals surface area contributed by atoms with E-state index in [4.69, 9.17) is 0 Å². The van der Waals surface area contributed by atoms with Crippen LogP contribution >= 0.6 is 0 Å². The number of rotatable bonds is 4. The third-order valence-electron chi connectivity index (χ3n) is 5.57. The molecule has 0 aromatic rings. The Labute approximate surface area is 119 Å². The summed E-state index contributed by atoms with van der Waals surface area (Å²) in [6, 6.07) is 0. The molecule has 0 bridgehead atoms. The van der Waals surface area contributed by atoms with Crippen molar-refractivity contribution in [3.05, 3.63) is 0 Å². The van der Waals surface area contributed by atoms with Crippen molar-refractivity contribution in [3.63, 3.8) is 0 Å². The Hall–Kier alpha value is -0.330. The second-order valence-corrected chi connectivity index (χ2v) is 8.30. The standard InChI is InChI=1S/C18H32O/c1-13(7-6-12-18(2,3)4)14-10-11-16-15(14)8-5-9-17(16)19/h13-16H,5-12H2,1-4H3/t13?,14-,15?,16-/m1/s1. The second kappa shape index (κ2) is 5.97. The van der Waals surface area contributed by atoms with Crippen molar-refractivity contribution < 1.29 is 4.79 Å². The van der Waals surface area contributed by atoms with E-state index in [1.165, 1.54) is 38.5 Å². The lowest BCUT2D eigenvalue weighted by molar-refractivity contribution is -0.126. The molecule has 2 aliphatic rings. The van der Waals surface area contributed by atoms with Crippen LogP contribution < -0.4 is 0 Å². The molecule has 4 atom stereocenters. The molecule has 0 spiro atoms. The van der Waals surface area contributed by atoms with Crippen LogP contribution in [0.4, 0.5) is 0 Å². The van der Waals surface area contributed by atoms with Gasteiger partial charge in [0.25, 0.3) is 0 Å². The number of Topliss-reactive ketones (excluding diaryl/α,β-unsaturated/α-hetero) is 1. The molecule has 0 aliphatic heterocycles. The molecule has 19 heavy (non-hydrogen) atoms. The van der Waals surface area contributed by atoms with E-state index >= 15 is 0 Å². The van der Waals surface area contributed by atoms with Gasteiger partial charge >= 0.3 is 0 Å². The van der Waals surface area contributed by atoms with Gasteiger partial charge in [-0.05, 0) is 55.3 Å². The van der Waals surface area contributed by atoms with Gasteiger partial charge in [0.1, 0.15) is 5.78 Å². The van der Waals surface area contributed by atoms with E-state index in [0.717, 1.165) is 30.6 Å². The fourth-order valence-electron chi connectivity index (χ4n) is 4.49. The summed E-state index contributed by atoms with van der Waals surface area (Å²) in [5.74, 6) is 3.44. The van der Waals surface area contributed by atoms with Gasteiger partial charge in [-0.2, -0.15) is 0 Å². The minimum Gasteiger partial charge on any atom is -0.299 e. The number of hydrogen-bond acceptors (Lipinski definition) is 1. The third kappa shape index (κ3) is 3.83. The first kappa shape index (κ1) is 15.1. The van der Waals surface area contributed by atoms with E-state index < -0.39 is 0 Å². The van der Waals surface area contributed by atoms with Crippen LogP contribution in [0, 0.1) is 29.1 Å². The lowest BCUT2D eigenvalue weighted by Gasteiger charge is -2.32. The molecule has 0 amide bonds. The lowest BCUT2D eigenvalue weighted by Crippen LogP contribution is -2.29. The van der Waals surface area contributed by atoms with Gasteiger partial charge in [-0.1, -0.05) is 40.5 Å². The SMILES string of the molecule is CC(CCCC(C)(C)C)[C@H]1CC[C@H]2C(=O)CCCC12. The van der Waals surface area contributed by atoms with E-state index in [2.05, 4.69) is 27.7 Å². The molecular weight excluding hydrogens is 232 g/mol. The summed E-state index contributed by atoms with van der Waals surface area (Å²) < 4.78 is 0. The van der Waals surface area contributed by atoms with Crippen molar-refractivity contribution in [1.82, 2.24) is 0 Å². The van der Waals surface area contributed by atoms with Gasteiger partial charge in [0.05, 0.1) is 0 Å². The fraction of sp³-hybridized carbons (Fsp3) is 0.944. The monoisotopic (exact) mass is 264 g/mol. The Bertz CT molecular complexity index is 312. The van der Waals surface area contributed by atoms with Crippen molar-refractivity contribution >= 4 is 5.78 Å². The molecule has 0 aromatic carbocycles. The highest BCUT2D eigenvalue weighted by Crippen LogP contribution is 2.48. The molecule has 2 saturated carbocycles.